The first-order valence-corrected chi connectivity index (χ1v) is 26.0. The molecule has 1 aliphatic heterocycles. The average molecular weight is 775 g/mol. The van der Waals surface area contributed by atoms with Gasteiger partial charge in [-0.1, -0.05) is 53.7 Å². The highest BCUT2D eigenvalue weighted by Crippen LogP contribution is 2.54. The Morgan fingerprint density at radius 2 is 1.38 bits per heavy atom. The minimum atomic E-state index is -3.88. The van der Waals surface area contributed by atoms with Gasteiger partial charge in [0.25, 0.3) is 5.91 Å². The van der Waals surface area contributed by atoms with E-state index in [1.54, 1.807) is 45.0 Å². The third kappa shape index (κ3) is 10.0. The molecule has 1 saturated carbocycles. The molecule has 2 fully saturated rings. The number of benzene rings is 1. The van der Waals surface area contributed by atoms with Crippen LogP contribution in [0, 0.1) is 5.41 Å². The molecule has 0 atom stereocenters. The van der Waals surface area contributed by atoms with Crippen molar-refractivity contribution in [3.63, 3.8) is 0 Å². The zero-order valence-corrected chi connectivity index (χ0v) is 37.2. The molecule has 1 spiro atoms. The summed E-state index contributed by atoms with van der Waals surface area (Å²) in [5, 5.41) is 3.68. The van der Waals surface area contributed by atoms with Crippen LogP contribution in [0.25, 0.3) is 11.3 Å². The van der Waals surface area contributed by atoms with E-state index in [1.165, 1.54) is 12.8 Å². The van der Waals surface area contributed by atoms with Gasteiger partial charge in [-0.3, -0.25) is 4.79 Å². The van der Waals surface area contributed by atoms with E-state index in [-0.39, 0.29) is 20.7 Å². The van der Waals surface area contributed by atoms with Gasteiger partial charge in [0.05, 0.1) is 23.6 Å². The lowest BCUT2D eigenvalue weighted by atomic mass is 9.93. The van der Waals surface area contributed by atoms with Gasteiger partial charge in [-0.2, -0.15) is 0 Å². The van der Waals surface area contributed by atoms with Crippen LogP contribution in [0.4, 0.5) is 11.6 Å². The van der Waals surface area contributed by atoms with Gasteiger partial charge in [0.1, 0.15) is 5.69 Å². The predicted molar refractivity (Wildman–Crippen MR) is 218 cm³/mol. The van der Waals surface area contributed by atoms with Gasteiger partial charge in [-0.15, -0.1) is 0 Å². The third-order valence-electron chi connectivity index (χ3n) is 11.6. The molecular formula is C38H66N6O5SSi2. The van der Waals surface area contributed by atoms with E-state index in [4.69, 9.17) is 24.6 Å². The maximum Gasteiger partial charge on any atom is 0.271 e. The number of nitrogens with zero attached hydrogens (tertiary/aromatic N) is 3. The van der Waals surface area contributed by atoms with Crippen LogP contribution in [0.15, 0.2) is 29.2 Å². The Kier molecular flexibility index (Phi) is 11.7. The molecule has 52 heavy (non-hydrogen) atoms. The Labute approximate surface area is 315 Å². The summed E-state index contributed by atoms with van der Waals surface area (Å²) in [5.41, 5.74) is 5.83. The molecule has 1 aromatic heterocycles. The van der Waals surface area contributed by atoms with Gasteiger partial charge in [0, 0.05) is 24.2 Å². The summed E-state index contributed by atoms with van der Waals surface area (Å²) in [6.07, 6.45) is 4.53. The van der Waals surface area contributed by atoms with E-state index in [2.05, 4.69) is 89.6 Å². The van der Waals surface area contributed by atoms with Crippen molar-refractivity contribution in [2.24, 2.45) is 11.1 Å². The van der Waals surface area contributed by atoms with Gasteiger partial charge in [-0.05, 0) is 107 Å². The lowest BCUT2D eigenvalue weighted by molar-refractivity contribution is 0.0995. The SMILES string of the molecule is CC(C)(C)NS(=O)(=O)c1cccc(-c2nc(C(N)=O)c(N3CCC4(CC3)CC4)nc2NC(C)(CO[Si](C)(C)C(C)(C)C)CO[Si](C)(C)C(C)(C)C)c1. The summed E-state index contributed by atoms with van der Waals surface area (Å²) in [4.78, 5) is 25.4. The summed E-state index contributed by atoms with van der Waals surface area (Å²) >= 11 is 0. The maximum absolute atomic E-state index is 13.5. The summed E-state index contributed by atoms with van der Waals surface area (Å²) in [7, 11) is -8.28. The minimum absolute atomic E-state index is 0.0182. The molecule has 292 valence electrons. The van der Waals surface area contributed by atoms with Gasteiger partial charge < -0.3 is 24.8 Å². The number of amides is 1. The first kappa shape index (κ1) is 42.4. The topological polar surface area (TPSA) is 149 Å². The molecule has 1 aliphatic carbocycles. The summed E-state index contributed by atoms with van der Waals surface area (Å²) < 4.78 is 43.5. The molecule has 2 aliphatic rings. The van der Waals surface area contributed by atoms with Gasteiger partial charge in [0.15, 0.2) is 34.0 Å². The number of carbonyl (C=O) groups excluding carboxylic acids is 1. The summed E-state index contributed by atoms with van der Waals surface area (Å²) in [5.74, 6) is 0.154. The van der Waals surface area contributed by atoms with Crippen LogP contribution in [0.3, 0.4) is 0 Å². The predicted octanol–water partition coefficient (Wildman–Crippen LogP) is 7.91. The zero-order valence-electron chi connectivity index (χ0n) is 34.3. The van der Waals surface area contributed by atoms with Crippen molar-refractivity contribution in [3.05, 3.63) is 30.0 Å². The van der Waals surface area contributed by atoms with Crippen molar-refractivity contribution in [2.75, 3.05) is 36.5 Å². The average Bonchev–Trinajstić information content (AvgIpc) is 3.75. The van der Waals surface area contributed by atoms with E-state index in [0.29, 0.717) is 41.5 Å². The number of nitrogens with two attached hydrogens (primary N) is 1. The van der Waals surface area contributed by atoms with Crippen molar-refractivity contribution < 1.29 is 22.1 Å². The summed E-state index contributed by atoms with van der Waals surface area (Å²) in [6.45, 7) is 31.9. The Morgan fingerprint density at radius 3 is 1.83 bits per heavy atom. The quantitative estimate of drug-likeness (QED) is 0.173. The van der Waals surface area contributed by atoms with Crippen molar-refractivity contribution >= 4 is 44.2 Å². The largest absolute Gasteiger partial charge is 0.414 e. The van der Waals surface area contributed by atoms with Crippen molar-refractivity contribution in [3.8, 4) is 11.3 Å². The van der Waals surface area contributed by atoms with E-state index < -0.39 is 43.6 Å². The Hall–Kier alpha value is -2.37. The second-order valence-electron chi connectivity index (χ2n) is 19.6. The van der Waals surface area contributed by atoms with Crippen LogP contribution >= 0.6 is 0 Å². The summed E-state index contributed by atoms with van der Waals surface area (Å²) in [6, 6.07) is 6.58. The second-order valence-corrected chi connectivity index (χ2v) is 30.9. The van der Waals surface area contributed by atoms with Crippen LogP contribution in [0.2, 0.25) is 36.3 Å². The lowest BCUT2D eigenvalue weighted by Gasteiger charge is -2.43. The molecule has 4 N–H and O–H groups in total. The van der Waals surface area contributed by atoms with E-state index in [0.717, 1.165) is 25.9 Å². The minimum Gasteiger partial charge on any atom is -0.414 e. The standard InChI is InChI=1S/C38H66N6O5SSi2/c1-34(2,3)43-50(46,47)28-17-15-16-27(24-28)29-32(41-33(30(40-29)31(39)45)44-22-20-38(18-19-38)21-23-44)42-37(10,25-48-51(11,12)35(4,5)6)26-49-52(13,14)36(7,8)9/h15-17,24,43H,18-23,25-26H2,1-14H3,(H2,39,45)(H,41,42). The molecule has 14 heteroatoms. The smallest absolute Gasteiger partial charge is 0.271 e. The highest BCUT2D eigenvalue weighted by molar-refractivity contribution is 7.89. The van der Waals surface area contributed by atoms with Crippen molar-refractivity contribution in [1.29, 1.82) is 0 Å². The van der Waals surface area contributed by atoms with Crippen molar-refractivity contribution in [2.45, 2.75) is 147 Å². The first-order chi connectivity index (χ1) is 23.5. The Balaban J connectivity index is 1.89. The number of sulfonamides is 1. The van der Waals surface area contributed by atoms with Crippen LogP contribution in [0.1, 0.15) is 105 Å². The molecule has 2 aromatic rings. The number of primary amides is 1. The number of rotatable bonds is 13. The first-order valence-electron chi connectivity index (χ1n) is 18.7. The fourth-order valence-corrected chi connectivity index (χ4v) is 9.44. The van der Waals surface area contributed by atoms with Crippen LogP contribution in [0.5, 0.6) is 0 Å². The van der Waals surface area contributed by atoms with E-state index in [9.17, 15) is 13.2 Å². The number of hydrogen-bond donors (Lipinski definition) is 3. The Bertz CT molecular complexity index is 1700. The monoisotopic (exact) mass is 774 g/mol. The van der Waals surface area contributed by atoms with Gasteiger partial charge in [-0.25, -0.2) is 23.1 Å². The number of piperidine rings is 1. The lowest BCUT2D eigenvalue weighted by Crippen LogP contribution is -2.53. The molecular weight excluding hydrogens is 709 g/mol. The number of anilines is 2. The highest BCUT2D eigenvalue weighted by Gasteiger charge is 2.46. The van der Waals surface area contributed by atoms with Crippen LogP contribution in [-0.4, -0.2) is 78.3 Å². The second kappa shape index (κ2) is 14.4. The normalized spacial score (nSPS) is 17.4. The van der Waals surface area contributed by atoms with Crippen LogP contribution < -0.4 is 20.7 Å². The number of nitrogens with one attached hydrogen (secondary N) is 2. The number of aromatic nitrogens is 2. The molecule has 2 heterocycles. The fourth-order valence-electron chi connectivity index (χ4n) is 5.76. The highest BCUT2D eigenvalue weighted by atomic mass is 32.2. The third-order valence-corrected chi connectivity index (χ3v) is 22.3. The van der Waals surface area contributed by atoms with E-state index in [1.807, 2.05) is 0 Å². The van der Waals surface area contributed by atoms with E-state index >= 15 is 0 Å². The van der Waals surface area contributed by atoms with Gasteiger partial charge >= 0.3 is 0 Å². The maximum atomic E-state index is 13.5. The molecule has 1 amide bonds. The molecule has 1 aromatic carbocycles. The molecule has 4 rings (SSSR count). The van der Waals surface area contributed by atoms with Crippen LogP contribution in [-0.2, 0) is 18.9 Å². The zero-order chi connectivity index (χ0) is 39.3. The number of hydrogen-bond acceptors (Lipinski definition) is 9. The molecule has 0 bridgehead atoms. The molecule has 11 nitrogen and oxygen atoms in total. The molecule has 1 saturated heterocycles. The Morgan fingerprint density at radius 1 is 0.865 bits per heavy atom. The van der Waals surface area contributed by atoms with Crippen molar-refractivity contribution in [1.82, 2.24) is 14.7 Å². The molecule has 0 unspecified atom stereocenters. The van der Waals surface area contributed by atoms with Gasteiger partial charge in [0.2, 0.25) is 10.0 Å². The molecule has 0 radical (unpaired) electrons. The fraction of sp³-hybridized carbons (Fsp3) is 0.711. The number of carbonyl (C=O) groups is 1.